The fourth-order valence-corrected chi connectivity index (χ4v) is 3.84. The predicted octanol–water partition coefficient (Wildman–Crippen LogP) is 3.91. The topological polar surface area (TPSA) is 24.9 Å². The van der Waals surface area contributed by atoms with Gasteiger partial charge in [-0.3, -0.25) is 0 Å². The Labute approximate surface area is 125 Å². The molecule has 1 aliphatic carbocycles. The van der Waals surface area contributed by atoms with Crippen LogP contribution in [-0.4, -0.2) is 11.5 Å². The molecule has 20 heavy (non-hydrogen) atoms. The molecule has 1 aromatic carbocycles. The second-order valence-corrected chi connectivity index (χ2v) is 6.72. The Morgan fingerprint density at radius 1 is 1.35 bits per heavy atom. The molecule has 2 nitrogen and oxygen atoms in total. The summed E-state index contributed by atoms with van der Waals surface area (Å²) in [5.74, 6) is 0.639. The van der Waals surface area contributed by atoms with Gasteiger partial charge in [-0.05, 0) is 49.8 Å². The average molecular weight is 286 g/mol. The van der Waals surface area contributed by atoms with Crippen LogP contribution >= 0.6 is 11.3 Å². The van der Waals surface area contributed by atoms with E-state index in [-0.39, 0.29) is 0 Å². The number of thiazole rings is 1. The summed E-state index contributed by atoms with van der Waals surface area (Å²) in [6, 6.07) is 9.38. The highest BCUT2D eigenvalue weighted by atomic mass is 32.1. The van der Waals surface area contributed by atoms with Crippen LogP contribution < -0.4 is 5.32 Å². The Balaban J connectivity index is 1.79. The fourth-order valence-electron chi connectivity index (χ4n) is 3.21. The average Bonchev–Trinajstić information content (AvgIpc) is 3.00. The molecule has 0 fully saturated rings. The van der Waals surface area contributed by atoms with Gasteiger partial charge in [0.1, 0.15) is 0 Å². The van der Waals surface area contributed by atoms with Crippen molar-refractivity contribution in [3.05, 3.63) is 51.5 Å². The summed E-state index contributed by atoms with van der Waals surface area (Å²) in [6.07, 6.45) is 3.44. The second kappa shape index (κ2) is 6.06. The summed E-state index contributed by atoms with van der Waals surface area (Å²) >= 11 is 1.76. The van der Waals surface area contributed by atoms with E-state index in [1.807, 2.05) is 0 Å². The summed E-state index contributed by atoms with van der Waals surface area (Å²) in [7, 11) is 0. The van der Waals surface area contributed by atoms with Crippen molar-refractivity contribution in [3.8, 4) is 0 Å². The van der Waals surface area contributed by atoms with Crippen molar-refractivity contribution in [1.29, 1.82) is 0 Å². The van der Waals surface area contributed by atoms with Crippen LogP contribution in [0.5, 0.6) is 0 Å². The van der Waals surface area contributed by atoms with E-state index in [2.05, 4.69) is 53.8 Å². The smallest absolute Gasteiger partial charge is 0.0897 e. The Morgan fingerprint density at radius 2 is 2.20 bits per heavy atom. The van der Waals surface area contributed by atoms with Crippen molar-refractivity contribution >= 4 is 11.3 Å². The summed E-state index contributed by atoms with van der Waals surface area (Å²) in [5.41, 5.74) is 4.27. The van der Waals surface area contributed by atoms with Crippen molar-refractivity contribution in [2.75, 3.05) is 6.54 Å². The molecule has 0 saturated carbocycles. The van der Waals surface area contributed by atoms with E-state index in [1.165, 1.54) is 34.7 Å². The zero-order valence-electron chi connectivity index (χ0n) is 12.2. The molecule has 0 amide bonds. The number of hydrogen-bond acceptors (Lipinski definition) is 3. The molecule has 2 atom stereocenters. The van der Waals surface area contributed by atoms with Gasteiger partial charge in [0, 0.05) is 11.4 Å². The number of aromatic nitrogens is 1. The number of nitrogens with one attached hydrogen (secondary N) is 1. The molecule has 0 radical (unpaired) electrons. The number of rotatable bonds is 5. The van der Waals surface area contributed by atoms with E-state index in [9.17, 15) is 0 Å². The molecule has 0 saturated heterocycles. The molecule has 0 bridgehead atoms. The van der Waals surface area contributed by atoms with Crippen molar-refractivity contribution < 1.29 is 0 Å². The highest BCUT2D eigenvalue weighted by Gasteiger charge is 2.31. The Morgan fingerprint density at radius 3 is 2.95 bits per heavy atom. The van der Waals surface area contributed by atoms with E-state index in [4.69, 9.17) is 0 Å². The summed E-state index contributed by atoms with van der Waals surface area (Å²) in [4.78, 5) is 4.64. The normalized spacial score (nSPS) is 21.1. The van der Waals surface area contributed by atoms with Crippen molar-refractivity contribution in [2.24, 2.45) is 5.92 Å². The number of hydrogen-bond donors (Lipinski definition) is 1. The van der Waals surface area contributed by atoms with Crippen LogP contribution in [0.2, 0.25) is 0 Å². The highest BCUT2D eigenvalue weighted by Crippen LogP contribution is 2.37. The fraction of sp³-hybridized carbons (Fsp3) is 0.471. The Hall–Kier alpha value is -1.19. The minimum Gasteiger partial charge on any atom is -0.310 e. The first kappa shape index (κ1) is 13.8. The van der Waals surface area contributed by atoms with Crippen LogP contribution in [0.4, 0.5) is 0 Å². The van der Waals surface area contributed by atoms with Gasteiger partial charge in [-0.15, -0.1) is 11.3 Å². The second-order valence-electron chi connectivity index (χ2n) is 5.66. The van der Waals surface area contributed by atoms with Crippen molar-refractivity contribution in [2.45, 2.75) is 39.2 Å². The van der Waals surface area contributed by atoms with Crippen LogP contribution in [0.1, 0.15) is 41.2 Å². The third-order valence-corrected chi connectivity index (χ3v) is 4.92. The lowest BCUT2D eigenvalue weighted by Crippen LogP contribution is -2.27. The number of fused-ring (bicyclic) bond motifs is 1. The van der Waals surface area contributed by atoms with E-state index >= 15 is 0 Å². The van der Waals surface area contributed by atoms with E-state index < -0.39 is 0 Å². The molecule has 1 N–H and O–H groups in total. The van der Waals surface area contributed by atoms with Gasteiger partial charge < -0.3 is 5.32 Å². The maximum atomic E-state index is 4.64. The van der Waals surface area contributed by atoms with Crippen LogP contribution in [0.3, 0.4) is 0 Å². The molecule has 2 aromatic rings. The Bertz CT molecular complexity index is 576. The van der Waals surface area contributed by atoms with Crippen molar-refractivity contribution in [1.82, 2.24) is 10.3 Å². The van der Waals surface area contributed by atoms with Gasteiger partial charge in [0.15, 0.2) is 0 Å². The van der Waals surface area contributed by atoms with Gasteiger partial charge in [-0.1, -0.05) is 31.2 Å². The maximum Gasteiger partial charge on any atom is 0.0897 e. The number of benzene rings is 1. The first-order valence-electron chi connectivity index (χ1n) is 7.50. The first-order chi connectivity index (χ1) is 9.78. The third-order valence-electron chi connectivity index (χ3n) is 4.10. The molecule has 1 aliphatic rings. The maximum absolute atomic E-state index is 4.64. The van der Waals surface area contributed by atoms with Crippen LogP contribution in [0.25, 0.3) is 0 Å². The SMILES string of the molecule is CCCNC1c2ccccc2CC1Cc1csc(C)n1. The summed E-state index contributed by atoms with van der Waals surface area (Å²) < 4.78 is 0. The highest BCUT2D eigenvalue weighted by molar-refractivity contribution is 7.09. The minimum absolute atomic E-state index is 0.494. The molecule has 2 unspecified atom stereocenters. The molecule has 0 spiro atoms. The van der Waals surface area contributed by atoms with Crippen LogP contribution in [0, 0.1) is 12.8 Å². The van der Waals surface area contributed by atoms with Gasteiger partial charge in [-0.25, -0.2) is 4.98 Å². The monoisotopic (exact) mass is 286 g/mol. The zero-order chi connectivity index (χ0) is 13.9. The standard InChI is InChI=1S/C17H22N2S/c1-3-8-18-17-14(10-15-11-20-12(2)19-15)9-13-6-4-5-7-16(13)17/h4-7,11,14,17-18H,3,8-10H2,1-2H3. The quantitative estimate of drug-likeness (QED) is 0.901. The molecule has 1 heterocycles. The predicted molar refractivity (Wildman–Crippen MR) is 85.2 cm³/mol. The lowest BCUT2D eigenvalue weighted by atomic mass is 9.95. The zero-order valence-corrected chi connectivity index (χ0v) is 13.0. The summed E-state index contributed by atoms with van der Waals surface area (Å²) in [6.45, 7) is 5.41. The third kappa shape index (κ3) is 2.79. The number of aryl methyl sites for hydroxylation is 1. The van der Waals surface area contributed by atoms with E-state index in [1.54, 1.807) is 11.3 Å². The van der Waals surface area contributed by atoms with Gasteiger partial charge in [0.2, 0.25) is 0 Å². The molecule has 3 rings (SSSR count). The van der Waals surface area contributed by atoms with E-state index in [0.29, 0.717) is 12.0 Å². The molecular formula is C17H22N2S. The summed E-state index contributed by atoms with van der Waals surface area (Å²) in [5, 5.41) is 7.13. The molecule has 3 heteroatoms. The van der Waals surface area contributed by atoms with E-state index in [0.717, 1.165) is 13.0 Å². The van der Waals surface area contributed by atoms with Gasteiger partial charge in [0.05, 0.1) is 10.7 Å². The lowest BCUT2D eigenvalue weighted by molar-refractivity contribution is 0.384. The lowest BCUT2D eigenvalue weighted by Gasteiger charge is -2.21. The molecular weight excluding hydrogens is 264 g/mol. The van der Waals surface area contributed by atoms with Gasteiger partial charge in [-0.2, -0.15) is 0 Å². The van der Waals surface area contributed by atoms with Crippen LogP contribution in [-0.2, 0) is 12.8 Å². The first-order valence-corrected chi connectivity index (χ1v) is 8.38. The van der Waals surface area contributed by atoms with Gasteiger partial charge in [0.25, 0.3) is 0 Å². The largest absolute Gasteiger partial charge is 0.310 e. The molecule has 1 aromatic heterocycles. The van der Waals surface area contributed by atoms with Gasteiger partial charge >= 0.3 is 0 Å². The molecule has 0 aliphatic heterocycles. The number of nitrogens with zero attached hydrogens (tertiary/aromatic N) is 1. The minimum atomic E-state index is 0.494. The Kier molecular flexibility index (Phi) is 4.18. The van der Waals surface area contributed by atoms with Crippen LogP contribution in [0.15, 0.2) is 29.6 Å². The van der Waals surface area contributed by atoms with Crippen molar-refractivity contribution in [3.63, 3.8) is 0 Å². The molecule has 106 valence electrons.